The lowest BCUT2D eigenvalue weighted by atomic mass is 10.2. The second-order valence-corrected chi connectivity index (χ2v) is 4.02. The van der Waals surface area contributed by atoms with Crippen molar-refractivity contribution in [1.82, 2.24) is 5.32 Å². The SMILES string of the molecule is OCCCCCNCc1ccc(Cl)cc1. The van der Waals surface area contributed by atoms with Crippen molar-refractivity contribution in [1.29, 1.82) is 0 Å². The van der Waals surface area contributed by atoms with Gasteiger partial charge in [0.15, 0.2) is 0 Å². The molecule has 3 heteroatoms. The predicted molar refractivity (Wildman–Crippen MR) is 64.1 cm³/mol. The van der Waals surface area contributed by atoms with E-state index >= 15 is 0 Å². The molecule has 0 aliphatic rings. The number of hydrogen-bond acceptors (Lipinski definition) is 2. The molecule has 1 aromatic carbocycles. The van der Waals surface area contributed by atoms with Gasteiger partial charge < -0.3 is 10.4 Å². The Morgan fingerprint density at radius 2 is 1.80 bits per heavy atom. The van der Waals surface area contributed by atoms with Gasteiger partial charge in [0.1, 0.15) is 0 Å². The molecule has 1 aromatic rings. The fourth-order valence-electron chi connectivity index (χ4n) is 1.37. The Balaban J connectivity index is 2.07. The summed E-state index contributed by atoms with van der Waals surface area (Å²) >= 11 is 5.79. The number of rotatable bonds is 7. The van der Waals surface area contributed by atoms with Crippen LogP contribution in [-0.4, -0.2) is 18.3 Å². The first kappa shape index (κ1) is 12.5. The third-order valence-electron chi connectivity index (χ3n) is 2.25. The number of hydrogen-bond donors (Lipinski definition) is 2. The number of nitrogens with one attached hydrogen (secondary N) is 1. The van der Waals surface area contributed by atoms with E-state index in [9.17, 15) is 0 Å². The van der Waals surface area contributed by atoms with Gasteiger partial charge in [-0.2, -0.15) is 0 Å². The smallest absolute Gasteiger partial charge is 0.0431 e. The lowest BCUT2D eigenvalue weighted by Crippen LogP contribution is -2.14. The van der Waals surface area contributed by atoms with Crippen molar-refractivity contribution in [2.75, 3.05) is 13.2 Å². The van der Waals surface area contributed by atoms with E-state index in [1.807, 2.05) is 24.3 Å². The van der Waals surface area contributed by atoms with Gasteiger partial charge in [-0.1, -0.05) is 23.7 Å². The Bertz CT molecular complexity index is 261. The van der Waals surface area contributed by atoms with Crippen molar-refractivity contribution in [3.8, 4) is 0 Å². The molecule has 0 heterocycles. The fraction of sp³-hybridized carbons (Fsp3) is 0.500. The summed E-state index contributed by atoms with van der Waals surface area (Å²) in [5, 5.41) is 12.7. The van der Waals surface area contributed by atoms with Crippen LogP contribution in [0.15, 0.2) is 24.3 Å². The lowest BCUT2D eigenvalue weighted by molar-refractivity contribution is 0.283. The highest BCUT2D eigenvalue weighted by Gasteiger charge is 1.93. The lowest BCUT2D eigenvalue weighted by Gasteiger charge is -2.04. The first-order valence-electron chi connectivity index (χ1n) is 5.39. The minimum Gasteiger partial charge on any atom is -0.396 e. The summed E-state index contributed by atoms with van der Waals surface area (Å²) in [6.07, 6.45) is 3.11. The van der Waals surface area contributed by atoms with E-state index in [-0.39, 0.29) is 0 Å². The van der Waals surface area contributed by atoms with Crippen LogP contribution in [-0.2, 0) is 6.54 Å². The van der Waals surface area contributed by atoms with Gasteiger partial charge in [0.2, 0.25) is 0 Å². The number of aliphatic hydroxyl groups is 1. The number of aliphatic hydroxyl groups excluding tert-OH is 1. The Morgan fingerprint density at radius 3 is 2.47 bits per heavy atom. The van der Waals surface area contributed by atoms with Crippen molar-refractivity contribution >= 4 is 11.6 Å². The summed E-state index contributed by atoms with van der Waals surface area (Å²) in [5.41, 5.74) is 1.25. The zero-order valence-corrected chi connectivity index (χ0v) is 9.63. The molecule has 0 saturated heterocycles. The number of benzene rings is 1. The zero-order valence-electron chi connectivity index (χ0n) is 8.88. The molecule has 0 aliphatic heterocycles. The van der Waals surface area contributed by atoms with Crippen molar-refractivity contribution in [2.24, 2.45) is 0 Å². The molecule has 1 rings (SSSR count). The van der Waals surface area contributed by atoms with Gasteiger partial charge >= 0.3 is 0 Å². The molecule has 2 N–H and O–H groups in total. The second kappa shape index (κ2) is 7.69. The fourth-order valence-corrected chi connectivity index (χ4v) is 1.50. The monoisotopic (exact) mass is 227 g/mol. The maximum absolute atomic E-state index is 8.59. The van der Waals surface area contributed by atoms with E-state index in [1.165, 1.54) is 5.56 Å². The second-order valence-electron chi connectivity index (χ2n) is 3.59. The Hall–Kier alpha value is -0.570. The largest absolute Gasteiger partial charge is 0.396 e. The van der Waals surface area contributed by atoms with Crippen LogP contribution in [0.4, 0.5) is 0 Å². The van der Waals surface area contributed by atoms with Crippen LogP contribution in [0.5, 0.6) is 0 Å². The number of halogens is 1. The zero-order chi connectivity index (χ0) is 10.9. The van der Waals surface area contributed by atoms with E-state index in [2.05, 4.69) is 5.32 Å². The van der Waals surface area contributed by atoms with Gasteiger partial charge in [-0.25, -0.2) is 0 Å². The molecule has 2 nitrogen and oxygen atoms in total. The van der Waals surface area contributed by atoms with Gasteiger partial charge in [0.05, 0.1) is 0 Å². The van der Waals surface area contributed by atoms with Crippen LogP contribution in [0.1, 0.15) is 24.8 Å². The molecule has 0 unspecified atom stereocenters. The highest BCUT2D eigenvalue weighted by molar-refractivity contribution is 6.30. The summed E-state index contributed by atoms with van der Waals surface area (Å²) in [4.78, 5) is 0. The Morgan fingerprint density at radius 1 is 1.07 bits per heavy atom. The van der Waals surface area contributed by atoms with Crippen molar-refractivity contribution in [3.63, 3.8) is 0 Å². The van der Waals surface area contributed by atoms with E-state index in [0.717, 1.165) is 37.4 Å². The summed E-state index contributed by atoms with van der Waals surface area (Å²) in [6, 6.07) is 7.88. The number of unbranched alkanes of at least 4 members (excludes halogenated alkanes) is 2. The van der Waals surface area contributed by atoms with Gasteiger partial charge in [-0.15, -0.1) is 0 Å². The van der Waals surface area contributed by atoms with Gasteiger partial charge in [-0.3, -0.25) is 0 Å². The van der Waals surface area contributed by atoms with Crippen LogP contribution >= 0.6 is 11.6 Å². The van der Waals surface area contributed by atoms with Crippen molar-refractivity contribution < 1.29 is 5.11 Å². The van der Waals surface area contributed by atoms with Crippen LogP contribution in [0.2, 0.25) is 5.02 Å². The van der Waals surface area contributed by atoms with Gasteiger partial charge in [0, 0.05) is 18.2 Å². The topological polar surface area (TPSA) is 32.3 Å². The molecule has 15 heavy (non-hydrogen) atoms. The standard InChI is InChI=1S/C12H18ClNO/c13-12-6-4-11(5-7-12)10-14-8-2-1-3-9-15/h4-7,14-15H,1-3,8-10H2. The third-order valence-corrected chi connectivity index (χ3v) is 2.51. The molecular formula is C12H18ClNO. The van der Waals surface area contributed by atoms with Gasteiger partial charge in [0.25, 0.3) is 0 Å². The molecule has 0 fully saturated rings. The van der Waals surface area contributed by atoms with E-state index in [1.54, 1.807) is 0 Å². The molecular weight excluding hydrogens is 210 g/mol. The highest BCUT2D eigenvalue weighted by Crippen LogP contribution is 2.09. The van der Waals surface area contributed by atoms with Crippen LogP contribution in [0, 0.1) is 0 Å². The van der Waals surface area contributed by atoms with Crippen LogP contribution < -0.4 is 5.32 Å². The molecule has 0 radical (unpaired) electrons. The van der Waals surface area contributed by atoms with Crippen LogP contribution in [0.3, 0.4) is 0 Å². The Labute approximate surface area is 96.3 Å². The van der Waals surface area contributed by atoms with Gasteiger partial charge in [-0.05, 0) is 43.5 Å². The molecule has 0 atom stereocenters. The maximum Gasteiger partial charge on any atom is 0.0431 e. The molecule has 0 saturated carbocycles. The van der Waals surface area contributed by atoms with Crippen LogP contribution in [0.25, 0.3) is 0 Å². The predicted octanol–water partition coefficient (Wildman–Crippen LogP) is 2.59. The summed E-state index contributed by atoms with van der Waals surface area (Å²) in [7, 11) is 0. The minimum absolute atomic E-state index is 0.303. The molecule has 0 aromatic heterocycles. The molecule has 0 spiro atoms. The van der Waals surface area contributed by atoms with E-state index in [0.29, 0.717) is 6.61 Å². The molecule has 0 amide bonds. The normalized spacial score (nSPS) is 10.5. The minimum atomic E-state index is 0.303. The summed E-state index contributed by atoms with van der Waals surface area (Å²) in [6.45, 7) is 2.19. The van der Waals surface area contributed by atoms with E-state index < -0.39 is 0 Å². The van der Waals surface area contributed by atoms with E-state index in [4.69, 9.17) is 16.7 Å². The first-order chi connectivity index (χ1) is 7.33. The molecule has 0 aliphatic carbocycles. The van der Waals surface area contributed by atoms with Crippen molar-refractivity contribution in [2.45, 2.75) is 25.8 Å². The average molecular weight is 228 g/mol. The molecule has 0 bridgehead atoms. The summed E-state index contributed by atoms with van der Waals surface area (Å²) < 4.78 is 0. The summed E-state index contributed by atoms with van der Waals surface area (Å²) in [5.74, 6) is 0. The Kier molecular flexibility index (Phi) is 6.41. The molecule has 84 valence electrons. The average Bonchev–Trinajstić information content (AvgIpc) is 2.26. The first-order valence-corrected chi connectivity index (χ1v) is 5.77. The quantitative estimate of drug-likeness (QED) is 0.702. The van der Waals surface area contributed by atoms with Crippen molar-refractivity contribution in [3.05, 3.63) is 34.9 Å². The third kappa shape index (κ3) is 5.78. The highest BCUT2D eigenvalue weighted by atomic mass is 35.5. The maximum atomic E-state index is 8.59.